The lowest BCUT2D eigenvalue weighted by Gasteiger charge is -2.32. The summed E-state index contributed by atoms with van der Waals surface area (Å²) in [5.41, 5.74) is 1.38. The van der Waals surface area contributed by atoms with Crippen molar-refractivity contribution in [2.75, 3.05) is 6.54 Å². The Hall–Kier alpha value is -0.410. The first-order valence-electron chi connectivity index (χ1n) is 6.83. The number of thiazole rings is 1. The van der Waals surface area contributed by atoms with Gasteiger partial charge in [0.25, 0.3) is 0 Å². The molecule has 0 bridgehead atoms. The maximum absolute atomic E-state index is 4.82. The largest absolute Gasteiger partial charge is 0.305 e. The Kier molecular flexibility index (Phi) is 3.88. The van der Waals surface area contributed by atoms with Crippen LogP contribution in [0.3, 0.4) is 0 Å². The Balaban J connectivity index is 2.30. The molecule has 1 unspecified atom stereocenters. The maximum Gasteiger partial charge on any atom is 0.114 e. The molecule has 0 radical (unpaired) electrons. The number of rotatable bonds is 6. The molecule has 2 nitrogen and oxygen atoms in total. The zero-order valence-corrected chi connectivity index (χ0v) is 12.3. The van der Waals surface area contributed by atoms with Crippen molar-refractivity contribution in [2.45, 2.75) is 58.9 Å². The highest BCUT2D eigenvalue weighted by atomic mass is 32.1. The molecule has 0 aromatic carbocycles. The van der Waals surface area contributed by atoms with Gasteiger partial charge < -0.3 is 5.32 Å². The minimum absolute atomic E-state index is 0.166. The van der Waals surface area contributed by atoms with Crippen LogP contribution in [-0.2, 0) is 5.54 Å². The third-order valence-corrected chi connectivity index (χ3v) is 5.18. The summed E-state index contributed by atoms with van der Waals surface area (Å²) in [6.07, 6.45) is 5.08. The van der Waals surface area contributed by atoms with Crippen LogP contribution in [0.25, 0.3) is 0 Å². The average molecular weight is 252 g/mol. The van der Waals surface area contributed by atoms with E-state index < -0.39 is 0 Å². The first kappa shape index (κ1) is 13.0. The summed E-state index contributed by atoms with van der Waals surface area (Å²) in [6.45, 7) is 9.94. The molecule has 0 spiro atoms. The molecule has 1 aliphatic rings. The van der Waals surface area contributed by atoms with Gasteiger partial charge in [0.1, 0.15) is 5.01 Å². The summed E-state index contributed by atoms with van der Waals surface area (Å²) < 4.78 is 0. The van der Waals surface area contributed by atoms with E-state index in [2.05, 4.69) is 33.0 Å². The molecule has 17 heavy (non-hydrogen) atoms. The van der Waals surface area contributed by atoms with Crippen LogP contribution >= 0.6 is 11.3 Å². The lowest BCUT2D eigenvalue weighted by Crippen LogP contribution is -2.44. The Morgan fingerprint density at radius 1 is 1.35 bits per heavy atom. The number of aromatic nitrogens is 1. The van der Waals surface area contributed by atoms with Crippen LogP contribution in [0.4, 0.5) is 0 Å². The molecule has 96 valence electrons. The van der Waals surface area contributed by atoms with Crippen LogP contribution in [0.5, 0.6) is 0 Å². The standard InChI is InChI=1S/C14H24N2S/c1-5-9-15-14(6-2,12-7-8-12)13-16-10(3)11(4)17-13/h12,15H,5-9H2,1-4H3. The van der Waals surface area contributed by atoms with Crippen LogP contribution < -0.4 is 5.32 Å². The predicted molar refractivity (Wildman–Crippen MR) is 74.6 cm³/mol. The Labute approximate surface area is 109 Å². The van der Waals surface area contributed by atoms with Crippen molar-refractivity contribution >= 4 is 11.3 Å². The topological polar surface area (TPSA) is 24.9 Å². The van der Waals surface area contributed by atoms with Gasteiger partial charge in [-0.3, -0.25) is 0 Å². The van der Waals surface area contributed by atoms with Gasteiger partial charge >= 0.3 is 0 Å². The third kappa shape index (κ3) is 2.41. The van der Waals surface area contributed by atoms with E-state index >= 15 is 0 Å². The molecule has 1 saturated carbocycles. The molecule has 1 fully saturated rings. The first-order valence-corrected chi connectivity index (χ1v) is 7.65. The van der Waals surface area contributed by atoms with Crippen molar-refractivity contribution in [1.82, 2.24) is 10.3 Å². The Morgan fingerprint density at radius 3 is 2.47 bits per heavy atom. The maximum atomic E-state index is 4.82. The fraction of sp³-hybridized carbons (Fsp3) is 0.786. The smallest absolute Gasteiger partial charge is 0.114 e. The molecule has 0 aliphatic heterocycles. The minimum Gasteiger partial charge on any atom is -0.305 e. The Morgan fingerprint density at radius 2 is 2.06 bits per heavy atom. The molecule has 1 aliphatic carbocycles. The lowest BCUT2D eigenvalue weighted by molar-refractivity contribution is 0.275. The van der Waals surface area contributed by atoms with Gasteiger partial charge in [-0.1, -0.05) is 13.8 Å². The van der Waals surface area contributed by atoms with E-state index in [4.69, 9.17) is 4.98 Å². The van der Waals surface area contributed by atoms with Crippen LogP contribution in [0.15, 0.2) is 0 Å². The molecule has 1 atom stereocenters. The van der Waals surface area contributed by atoms with Gasteiger partial charge in [-0.25, -0.2) is 4.98 Å². The Bertz CT molecular complexity index is 362. The van der Waals surface area contributed by atoms with Crippen molar-refractivity contribution in [3.8, 4) is 0 Å². The van der Waals surface area contributed by atoms with Crippen molar-refractivity contribution < 1.29 is 0 Å². The van der Waals surface area contributed by atoms with E-state index in [0.717, 1.165) is 18.9 Å². The summed E-state index contributed by atoms with van der Waals surface area (Å²) in [5.74, 6) is 0.809. The van der Waals surface area contributed by atoms with Crippen LogP contribution in [0, 0.1) is 19.8 Å². The number of nitrogens with zero attached hydrogens (tertiary/aromatic N) is 1. The summed E-state index contributed by atoms with van der Waals surface area (Å²) in [4.78, 5) is 6.20. The van der Waals surface area contributed by atoms with Gasteiger partial charge in [-0.2, -0.15) is 0 Å². The second kappa shape index (κ2) is 5.07. The molecule has 0 amide bonds. The number of aryl methyl sites for hydroxylation is 2. The summed E-state index contributed by atoms with van der Waals surface area (Å²) in [7, 11) is 0. The van der Waals surface area contributed by atoms with Gasteiger partial charge in [0, 0.05) is 4.88 Å². The molecule has 1 heterocycles. The van der Waals surface area contributed by atoms with E-state index in [1.54, 1.807) is 0 Å². The van der Waals surface area contributed by atoms with Crippen molar-refractivity contribution in [3.63, 3.8) is 0 Å². The van der Waals surface area contributed by atoms with Crippen LogP contribution in [0.2, 0.25) is 0 Å². The number of nitrogens with one attached hydrogen (secondary N) is 1. The summed E-state index contributed by atoms with van der Waals surface area (Å²) >= 11 is 1.89. The second-order valence-electron chi connectivity index (χ2n) is 5.19. The minimum atomic E-state index is 0.166. The SMILES string of the molecule is CCCNC(CC)(c1nc(C)c(C)s1)C1CC1. The van der Waals surface area contributed by atoms with Gasteiger partial charge in [0.05, 0.1) is 11.2 Å². The van der Waals surface area contributed by atoms with Crippen LogP contribution in [0.1, 0.15) is 55.1 Å². The van der Waals surface area contributed by atoms with Crippen molar-refractivity contribution in [3.05, 3.63) is 15.6 Å². The van der Waals surface area contributed by atoms with E-state index in [0.29, 0.717) is 0 Å². The molecule has 1 aromatic heterocycles. The zero-order valence-electron chi connectivity index (χ0n) is 11.5. The molecule has 0 saturated heterocycles. The second-order valence-corrected chi connectivity index (χ2v) is 6.39. The fourth-order valence-corrected chi connectivity index (χ4v) is 3.78. The van der Waals surface area contributed by atoms with E-state index in [1.165, 1.54) is 34.8 Å². The van der Waals surface area contributed by atoms with Gasteiger partial charge in [0.2, 0.25) is 0 Å². The van der Waals surface area contributed by atoms with Gasteiger partial charge in [-0.05, 0) is 52.0 Å². The quantitative estimate of drug-likeness (QED) is 0.833. The number of hydrogen-bond donors (Lipinski definition) is 1. The molecule has 2 rings (SSSR count). The van der Waals surface area contributed by atoms with E-state index in [-0.39, 0.29) is 5.54 Å². The fourth-order valence-electron chi connectivity index (χ4n) is 2.55. The molecular formula is C14H24N2S. The highest BCUT2D eigenvalue weighted by Gasteiger charge is 2.46. The van der Waals surface area contributed by atoms with Crippen molar-refractivity contribution in [1.29, 1.82) is 0 Å². The lowest BCUT2D eigenvalue weighted by atomic mass is 9.90. The molecular weight excluding hydrogens is 228 g/mol. The van der Waals surface area contributed by atoms with Gasteiger partial charge in [0.15, 0.2) is 0 Å². The summed E-state index contributed by atoms with van der Waals surface area (Å²) in [6, 6.07) is 0. The number of hydrogen-bond acceptors (Lipinski definition) is 3. The molecule has 1 aromatic rings. The molecule has 3 heteroatoms. The van der Waals surface area contributed by atoms with Crippen molar-refractivity contribution in [2.24, 2.45) is 5.92 Å². The predicted octanol–water partition coefficient (Wildman–Crippen LogP) is 3.77. The average Bonchev–Trinajstić information content (AvgIpc) is 3.10. The molecule has 1 N–H and O–H groups in total. The third-order valence-electron chi connectivity index (χ3n) is 3.93. The normalized spacial score (nSPS) is 19.3. The van der Waals surface area contributed by atoms with Crippen LogP contribution in [-0.4, -0.2) is 11.5 Å². The van der Waals surface area contributed by atoms with E-state index in [9.17, 15) is 0 Å². The zero-order chi connectivity index (χ0) is 12.5. The monoisotopic (exact) mass is 252 g/mol. The highest BCUT2D eigenvalue weighted by molar-refractivity contribution is 7.11. The highest BCUT2D eigenvalue weighted by Crippen LogP contribution is 2.48. The van der Waals surface area contributed by atoms with E-state index in [1.807, 2.05) is 11.3 Å². The first-order chi connectivity index (χ1) is 8.14. The summed E-state index contributed by atoms with van der Waals surface area (Å²) in [5, 5.41) is 5.12. The van der Waals surface area contributed by atoms with Gasteiger partial charge in [-0.15, -0.1) is 11.3 Å².